The molecule has 2 unspecified atom stereocenters. The number of aliphatic carboxylic acids is 1. The Balaban J connectivity index is 2.21. The highest BCUT2D eigenvalue weighted by atomic mass is 16.4. The van der Waals surface area contributed by atoms with Gasteiger partial charge >= 0.3 is 12.0 Å². The molecule has 0 bridgehead atoms. The van der Waals surface area contributed by atoms with E-state index in [2.05, 4.69) is 16.0 Å². The van der Waals surface area contributed by atoms with Crippen LogP contribution in [-0.4, -0.2) is 41.1 Å². The number of urea groups is 1. The first-order chi connectivity index (χ1) is 8.88. The molecule has 0 aromatic carbocycles. The Morgan fingerprint density at radius 2 is 1.84 bits per heavy atom. The molecule has 2 atom stereocenters. The van der Waals surface area contributed by atoms with Crippen molar-refractivity contribution < 1.29 is 19.5 Å². The lowest BCUT2D eigenvalue weighted by Gasteiger charge is -2.17. The van der Waals surface area contributed by atoms with E-state index < -0.39 is 18.0 Å². The summed E-state index contributed by atoms with van der Waals surface area (Å²) in [5.74, 6) is -1.10. The number of amides is 3. The lowest BCUT2D eigenvalue weighted by Crippen LogP contribution is -2.50. The standard InChI is InChI=1S/C12H21N3O4/c1-7(3-6-10(16)17)13-12(19)14-8(2)11(18)15-9-4-5-9/h7-9H,3-6H2,1-2H3,(H,15,18)(H,16,17)(H2,13,14,19). The van der Waals surface area contributed by atoms with Gasteiger partial charge in [0.15, 0.2) is 0 Å². The molecule has 0 aliphatic heterocycles. The SMILES string of the molecule is CC(CCC(=O)O)NC(=O)NC(C)C(=O)NC1CC1. The third kappa shape index (κ3) is 6.64. The third-order valence-corrected chi connectivity index (χ3v) is 2.83. The first-order valence-corrected chi connectivity index (χ1v) is 6.47. The molecule has 108 valence electrons. The summed E-state index contributed by atoms with van der Waals surface area (Å²) in [6.07, 6.45) is 2.35. The second-order valence-electron chi connectivity index (χ2n) is 4.96. The Bertz CT molecular complexity index is 355. The number of hydrogen-bond acceptors (Lipinski definition) is 3. The van der Waals surface area contributed by atoms with Crippen molar-refractivity contribution in [1.82, 2.24) is 16.0 Å². The number of hydrogen-bond donors (Lipinski definition) is 4. The van der Waals surface area contributed by atoms with Crippen LogP contribution in [0.3, 0.4) is 0 Å². The molecule has 1 rings (SSSR count). The van der Waals surface area contributed by atoms with Gasteiger partial charge in [0, 0.05) is 18.5 Å². The summed E-state index contributed by atoms with van der Waals surface area (Å²) in [5, 5.41) is 16.4. The lowest BCUT2D eigenvalue weighted by atomic mass is 10.2. The van der Waals surface area contributed by atoms with Crippen LogP contribution in [0, 0.1) is 0 Å². The quantitative estimate of drug-likeness (QED) is 0.530. The van der Waals surface area contributed by atoms with E-state index in [1.165, 1.54) is 0 Å². The van der Waals surface area contributed by atoms with Gasteiger partial charge in [-0.25, -0.2) is 4.79 Å². The zero-order valence-electron chi connectivity index (χ0n) is 11.2. The van der Waals surface area contributed by atoms with Crippen LogP contribution < -0.4 is 16.0 Å². The molecular formula is C12H21N3O4. The molecule has 7 heteroatoms. The molecule has 7 nitrogen and oxygen atoms in total. The second kappa shape index (κ2) is 6.96. The predicted octanol–water partition coefficient (Wildman–Crippen LogP) is 0.206. The van der Waals surface area contributed by atoms with E-state index in [1.807, 2.05) is 0 Å². The Hall–Kier alpha value is -1.79. The smallest absolute Gasteiger partial charge is 0.315 e. The van der Waals surface area contributed by atoms with Crippen LogP contribution in [0.15, 0.2) is 0 Å². The molecule has 0 heterocycles. The average molecular weight is 271 g/mol. The minimum Gasteiger partial charge on any atom is -0.481 e. The maximum atomic E-state index is 11.6. The molecule has 1 aliphatic rings. The predicted molar refractivity (Wildman–Crippen MR) is 68.6 cm³/mol. The van der Waals surface area contributed by atoms with Gasteiger partial charge < -0.3 is 21.1 Å². The van der Waals surface area contributed by atoms with Crippen molar-refractivity contribution in [3.63, 3.8) is 0 Å². The van der Waals surface area contributed by atoms with E-state index in [0.717, 1.165) is 12.8 Å². The van der Waals surface area contributed by atoms with Crippen LogP contribution in [0.25, 0.3) is 0 Å². The molecule has 0 spiro atoms. The monoisotopic (exact) mass is 271 g/mol. The summed E-state index contributed by atoms with van der Waals surface area (Å²) >= 11 is 0. The average Bonchev–Trinajstić information content (AvgIpc) is 3.09. The Morgan fingerprint density at radius 3 is 2.37 bits per heavy atom. The minimum absolute atomic E-state index is 0.000827. The van der Waals surface area contributed by atoms with Crippen LogP contribution in [0.4, 0.5) is 4.79 Å². The Labute approximate surface area is 112 Å². The maximum Gasteiger partial charge on any atom is 0.315 e. The van der Waals surface area contributed by atoms with Gasteiger partial charge in [-0.15, -0.1) is 0 Å². The van der Waals surface area contributed by atoms with Gasteiger partial charge in [0.05, 0.1) is 0 Å². The van der Waals surface area contributed by atoms with E-state index in [-0.39, 0.29) is 24.4 Å². The summed E-state index contributed by atoms with van der Waals surface area (Å²) in [7, 11) is 0. The van der Waals surface area contributed by atoms with Crippen molar-refractivity contribution >= 4 is 17.9 Å². The molecule has 0 aromatic heterocycles. The van der Waals surface area contributed by atoms with Crippen molar-refractivity contribution in [2.75, 3.05) is 0 Å². The van der Waals surface area contributed by atoms with E-state index in [0.29, 0.717) is 6.42 Å². The highest BCUT2D eigenvalue weighted by molar-refractivity contribution is 5.87. The molecule has 1 aliphatic carbocycles. The summed E-state index contributed by atoms with van der Waals surface area (Å²) in [4.78, 5) is 33.5. The second-order valence-corrected chi connectivity index (χ2v) is 4.96. The molecule has 0 saturated heterocycles. The molecule has 0 radical (unpaired) electrons. The molecular weight excluding hydrogens is 250 g/mol. The van der Waals surface area contributed by atoms with Gasteiger partial charge in [0.25, 0.3) is 0 Å². The van der Waals surface area contributed by atoms with Gasteiger partial charge in [0.2, 0.25) is 5.91 Å². The fourth-order valence-electron chi connectivity index (χ4n) is 1.49. The van der Waals surface area contributed by atoms with Crippen molar-refractivity contribution in [3.05, 3.63) is 0 Å². The first-order valence-electron chi connectivity index (χ1n) is 6.47. The Morgan fingerprint density at radius 1 is 1.21 bits per heavy atom. The third-order valence-electron chi connectivity index (χ3n) is 2.83. The molecule has 4 N–H and O–H groups in total. The van der Waals surface area contributed by atoms with Gasteiger partial charge in [-0.05, 0) is 33.1 Å². The highest BCUT2D eigenvalue weighted by Crippen LogP contribution is 2.18. The number of nitrogens with one attached hydrogen (secondary N) is 3. The number of carboxylic acid groups (broad SMARTS) is 1. The first kappa shape index (κ1) is 15.3. The summed E-state index contributed by atoms with van der Waals surface area (Å²) < 4.78 is 0. The largest absolute Gasteiger partial charge is 0.481 e. The lowest BCUT2D eigenvalue weighted by molar-refractivity contribution is -0.137. The molecule has 3 amide bonds. The number of carboxylic acids is 1. The summed E-state index contributed by atoms with van der Waals surface area (Å²) in [5.41, 5.74) is 0. The topological polar surface area (TPSA) is 108 Å². The van der Waals surface area contributed by atoms with Crippen molar-refractivity contribution in [2.24, 2.45) is 0 Å². The van der Waals surface area contributed by atoms with Gasteiger partial charge in [0.1, 0.15) is 6.04 Å². The molecule has 0 aromatic rings. The van der Waals surface area contributed by atoms with Gasteiger partial charge in [-0.2, -0.15) is 0 Å². The number of carbonyl (C=O) groups is 3. The fourth-order valence-corrected chi connectivity index (χ4v) is 1.49. The van der Waals surface area contributed by atoms with Gasteiger partial charge in [-0.3, -0.25) is 9.59 Å². The van der Waals surface area contributed by atoms with Crippen LogP contribution in [0.2, 0.25) is 0 Å². The normalized spacial score (nSPS) is 17.2. The highest BCUT2D eigenvalue weighted by Gasteiger charge is 2.26. The zero-order chi connectivity index (χ0) is 14.4. The van der Waals surface area contributed by atoms with Crippen molar-refractivity contribution in [3.8, 4) is 0 Å². The van der Waals surface area contributed by atoms with Crippen molar-refractivity contribution in [1.29, 1.82) is 0 Å². The van der Waals surface area contributed by atoms with E-state index in [9.17, 15) is 14.4 Å². The molecule has 1 saturated carbocycles. The van der Waals surface area contributed by atoms with Crippen LogP contribution >= 0.6 is 0 Å². The van der Waals surface area contributed by atoms with Crippen LogP contribution in [0.1, 0.15) is 39.5 Å². The van der Waals surface area contributed by atoms with Crippen LogP contribution in [-0.2, 0) is 9.59 Å². The van der Waals surface area contributed by atoms with Crippen LogP contribution in [0.5, 0.6) is 0 Å². The number of carbonyl (C=O) groups excluding carboxylic acids is 2. The summed E-state index contributed by atoms with van der Waals surface area (Å²) in [6.45, 7) is 3.33. The number of rotatable bonds is 7. The summed E-state index contributed by atoms with van der Waals surface area (Å²) in [6, 6.07) is -1.06. The Kier molecular flexibility index (Phi) is 5.59. The van der Waals surface area contributed by atoms with E-state index >= 15 is 0 Å². The van der Waals surface area contributed by atoms with E-state index in [4.69, 9.17) is 5.11 Å². The van der Waals surface area contributed by atoms with Gasteiger partial charge in [-0.1, -0.05) is 0 Å². The molecule has 19 heavy (non-hydrogen) atoms. The minimum atomic E-state index is -0.897. The molecule has 1 fully saturated rings. The fraction of sp³-hybridized carbons (Fsp3) is 0.750. The van der Waals surface area contributed by atoms with Crippen molar-refractivity contribution in [2.45, 2.75) is 57.7 Å². The van der Waals surface area contributed by atoms with E-state index in [1.54, 1.807) is 13.8 Å². The maximum absolute atomic E-state index is 11.6. The zero-order valence-corrected chi connectivity index (χ0v) is 11.2.